The molecule has 0 aliphatic rings. The molecule has 6 rings (SSSR count). The first-order valence-electron chi connectivity index (χ1n) is 13.1. The number of aromatic nitrogens is 3. The second kappa shape index (κ2) is 10.3. The van der Waals surface area contributed by atoms with Crippen LogP contribution in [-0.2, 0) is 10.0 Å². The van der Waals surface area contributed by atoms with Crippen molar-refractivity contribution >= 4 is 43.5 Å². The van der Waals surface area contributed by atoms with E-state index in [-0.39, 0.29) is 28.4 Å². The van der Waals surface area contributed by atoms with Gasteiger partial charge in [0.05, 0.1) is 28.9 Å². The van der Waals surface area contributed by atoms with Gasteiger partial charge in [-0.2, -0.15) is 10.2 Å². The summed E-state index contributed by atoms with van der Waals surface area (Å²) in [6.07, 6.45) is 1.06. The van der Waals surface area contributed by atoms with Crippen molar-refractivity contribution in [2.75, 3.05) is 24.7 Å². The summed E-state index contributed by atoms with van der Waals surface area (Å²) in [6.45, 7) is 1.76. The zero-order valence-electron chi connectivity index (χ0n) is 23.5. The number of anilines is 1. The van der Waals surface area contributed by atoms with Crippen LogP contribution in [0.4, 0.5) is 14.5 Å². The number of amides is 1. The maximum Gasteiger partial charge on any atom is 0.255 e. The van der Waals surface area contributed by atoms with Gasteiger partial charge in [0.15, 0.2) is 0 Å². The van der Waals surface area contributed by atoms with Gasteiger partial charge in [0, 0.05) is 58.8 Å². The second-order valence-electron chi connectivity index (χ2n) is 10.1. The lowest BCUT2D eigenvalue weighted by Gasteiger charge is -2.20. The first-order valence-corrected chi connectivity index (χ1v) is 15.0. The average Bonchev–Trinajstić information content (AvgIpc) is 3.58. The molecule has 0 fully saturated rings. The van der Waals surface area contributed by atoms with E-state index in [9.17, 15) is 22.0 Å². The van der Waals surface area contributed by atoms with Crippen LogP contribution in [0.2, 0.25) is 0 Å². The fourth-order valence-corrected chi connectivity index (χ4v) is 5.56. The Hall–Kier alpha value is -5.10. The molecule has 3 aromatic carbocycles. The van der Waals surface area contributed by atoms with Crippen LogP contribution in [0, 0.1) is 18.6 Å². The fraction of sp³-hybridized carbons (Fsp3) is 0.129. The van der Waals surface area contributed by atoms with Gasteiger partial charge in [-0.1, -0.05) is 6.07 Å². The van der Waals surface area contributed by atoms with E-state index in [0.717, 1.165) is 10.6 Å². The monoisotopic (exact) mass is 601 g/mol. The van der Waals surface area contributed by atoms with Gasteiger partial charge in [-0.05, 0) is 61.5 Å². The first kappa shape index (κ1) is 28.0. The third kappa shape index (κ3) is 4.89. The molecule has 0 atom stereocenters. The zero-order valence-corrected chi connectivity index (χ0v) is 24.3. The summed E-state index contributed by atoms with van der Waals surface area (Å²) in [7, 11) is -0.883. The van der Waals surface area contributed by atoms with E-state index in [4.69, 9.17) is 4.42 Å². The molecule has 0 spiro atoms. The van der Waals surface area contributed by atoms with Crippen molar-refractivity contribution in [3.63, 3.8) is 0 Å². The number of hydrogen-bond acceptors (Lipinski definition) is 6. The molecule has 43 heavy (non-hydrogen) atoms. The lowest BCUT2D eigenvalue weighted by atomic mass is 9.99. The Labute approximate surface area is 245 Å². The molecule has 0 saturated heterocycles. The van der Waals surface area contributed by atoms with Gasteiger partial charge in [0.1, 0.15) is 23.0 Å². The molecular formula is C31H25F2N5O4S. The van der Waals surface area contributed by atoms with Gasteiger partial charge in [-0.15, -0.1) is 0 Å². The van der Waals surface area contributed by atoms with Gasteiger partial charge in [-0.25, -0.2) is 17.2 Å². The molecule has 0 saturated carbocycles. The molecule has 0 radical (unpaired) electrons. The number of rotatable bonds is 6. The summed E-state index contributed by atoms with van der Waals surface area (Å²) in [5, 5.41) is 12.1. The van der Waals surface area contributed by atoms with Crippen LogP contribution in [0.25, 0.3) is 55.7 Å². The Morgan fingerprint density at radius 1 is 0.977 bits per heavy atom. The summed E-state index contributed by atoms with van der Waals surface area (Å²) in [6, 6.07) is 16.8. The van der Waals surface area contributed by atoms with Crippen molar-refractivity contribution in [1.82, 2.24) is 20.5 Å². The minimum atomic E-state index is -3.75. The molecule has 1 amide bonds. The Balaban J connectivity index is 1.63. The summed E-state index contributed by atoms with van der Waals surface area (Å²) in [4.78, 5) is 16.4. The maximum atomic E-state index is 14.5. The topological polar surface area (TPSA) is 121 Å². The average molecular weight is 602 g/mol. The molecule has 0 bridgehead atoms. The van der Waals surface area contributed by atoms with E-state index in [1.807, 2.05) is 0 Å². The second-order valence-corrected chi connectivity index (χ2v) is 12.1. The number of nitrogens with zero attached hydrogens (tertiary/aromatic N) is 3. The number of carbonyl (C=O) groups excluding carboxylic acids is 1. The highest BCUT2D eigenvalue weighted by molar-refractivity contribution is 7.92. The summed E-state index contributed by atoms with van der Waals surface area (Å²) < 4.78 is 60.8. The third-order valence-electron chi connectivity index (χ3n) is 7.36. The third-order valence-corrected chi connectivity index (χ3v) is 8.55. The normalized spacial score (nSPS) is 11.8. The minimum absolute atomic E-state index is 0.185. The van der Waals surface area contributed by atoms with Gasteiger partial charge in [0.25, 0.3) is 5.91 Å². The van der Waals surface area contributed by atoms with Gasteiger partial charge in [-0.3, -0.25) is 9.10 Å². The minimum Gasteiger partial charge on any atom is -0.455 e. The van der Waals surface area contributed by atoms with Crippen LogP contribution < -0.4 is 9.62 Å². The summed E-state index contributed by atoms with van der Waals surface area (Å²) in [5.74, 6) is -1.09. The highest BCUT2D eigenvalue weighted by Gasteiger charge is 2.27. The molecule has 6 aromatic rings. The summed E-state index contributed by atoms with van der Waals surface area (Å²) in [5.41, 5.74) is 4.15. The van der Waals surface area contributed by atoms with Crippen molar-refractivity contribution in [2.24, 2.45) is 0 Å². The first-order chi connectivity index (χ1) is 20.5. The fourth-order valence-electron chi connectivity index (χ4n) is 5.05. The van der Waals surface area contributed by atoms with Gasteiger partial charge in [0.2, 0.25) is 10.0 Å². The van der Waals surface area contributed by atoms with Crippen molar-refractivity contribution in [3.05, 3.63) is 89.6 Å². The number of halogens is 2. The standard InChI is InChI=1S/C31H25F2N5O4S/c1-16-19(25-14-20-23(33)6-5-7-24(20)35-25)13-26(37-36-16)21-12-22-28(15-27(21)38(3)43(4,40)41)42-30(29(22)31(39)34-2)17-8-10-18(32)11-9-17/h5-15,35H,1-4H3,(H,34,39). The van der Waals surface area contributed by atoms with Gasteiger partial charge < -0.3 is 14.7 Å². The Morgan fingerprint density at radius 2 is 1.72 bits per heavy atom. The van der Waals surface area contributed by atoms with E-state index in [0.29, 0.717) is 50.1 Å². The molecule has 0 aliphatic carbocycles. The van der Waals surface area contributed by atoms with E-state index < -0.39 is 21.7 Å². The molecule has 0 unspecified atom stereocenters. The molecule has 218 valence electrons. The van der Waals surface area contributed by atoms with Crippen LogP contribution in [0.5, 0.6) is 0 Å². The highest BCUT2D eigenvalue weighted by atomic mass is 32.2. The number of aryl methyl sites for hydroxylation is 1. The number of sulfonamides is 1. The van der Waals surface area contributed by atoms with Crippen LogP contribution in [0.15, 0.2) is 71.1 Å². The number of aromatic amines is 1. The van der Waals surface area contributed by atoms with Crippen LogP contribution in [0.3, 0.4) is 0 Å². The van der Waals surface area contributed by atoms with Crippen molar-refractivity contribution in [3.8, 4) is 33.8 Å². The number of carbonyl (C=O) groups is 1. The van der Waals surface area contributed by atoms with Crippen LogP contribution in [0.1, 0.15) is 16.1 Å². The molecule has 12 heteroatoms. The SMILES string of the molecule is CNC(=O)c1c(-c2ccc(F)cc2)oc2cc(N(C)S(C)(=O)=O)c(-c3cc(-c4cc5c(F)cccc5[nH]4)c(C)nn3)cc12. The quantitative estimate of drug-likeness (QED) is 0.240. The summed E-state index contributed by atoms with van der Waals surface area (Å²) >= 11 is 0. The van der Waals surface area contributed by atoms with Crippen molar-refractivity contribution in [2.45, 2.75) is 6.92 Å². The van der Waals surface area contributed by atoms with Crippen molar-refractivity contribution in [1.29, 1.82) is 0 Å². The number of H-pyrrole nitrogens is 1. The number of nitrogens with one attached hydrogen (secondary N) is 2. The Morgan fingerprint density at radius 3 is 2.40 bits per heavy atom. The number of fused-ring (bicyclic) bond motifs is 2. The van der Waals surface area contributed by atoms with E-state index in [2.05, 4.69) is 20.5 Å². The molecule has 3 aromatic heterocycles. The molecule has 0 aliphatic heterocycles. The number of hydrogen-bond donors (Lipinski definition) is 2. The lowest BCUT2D eigenvalue weighted by Crippen LogP contribution is -2.25. The lowest BCUT2D eigenvalue weighted by molar-refractivity contribution is 0.0964. The van der Waals surface area contributed by atoms with Gasteiger partial charge >= 0.3 is 0 Å². The highest BCUT2D eigenvalue weighted by Crippen LogP contribution is 2.41. The molecule has 2 N–H and O–H groups in total. The maximum absolute atomic E-state index is 14.5. The van der Waals surface area contributed by atoms with E-state index in [1.165, 1.54) is 50.5 Å². The number of benzene rings is 3. The Kier molecular flexibility index (Phi) is 6.73. The molecular weight excluding hydrogens is 576 g/mol. The van der Waals surface area contributed by atoms with E-state index in [1.54, 1.807) is 37.3 Å². The zero-order chi connectivity index (χ0) is 30.6. The Bertz CT molecular complexity index is 2170. The molecule has 9 nitrogen and oxygen atoms in total. The smallest absolute Gasteiger partial charge is 0.255 e. The van der Waals surface area contributed by atoms with Crippen molar-refractivity contribution < 1.29 is 26.4 Å². The van der Waals surface area contributed by atoms with Crippen LogP contribution >= 0.6 is 0 Å². The van der Waals surface area contributed by atoms with E-state index >= 15 is 0 Å². The predicted molar refractivity (Wildman–Crippen MR) is 161 cm³/mol. The largest absolute Gasteiger partial charge is 0.455 e. The predicted octanol–water partition coefficient (Wildman–Crippen LogP) is 6.05. The van der Waals surface area contributed by atoms with Crippen LogP contribution in [-0.4, -0.2) is 49.9 Å². The number of furan rings is 1. The molecule has 3 heterocycles.